The van der Waals surface area contributed by atoms with Gasteiger partial charge in [0.15, 0.2) is 0 Å². The van der Waals surface area contributed by atoms with E-state index < -0.39 is 5.97 Å². The van der Waals surface area contributed by atoms with Crippen molar-refractivity contribution in [2.45, 2.75) is 19.4 Å². The normalized spacial score (nSPS) is 19.1. The van der Waals surface area contributed by atoms with Crippen molar-refractivity contribution in [1.82, 2.24) is 9.97 Å². The van der Waals surface area contributed by atoms with Gasteiger partial charge in [-0.2, -0.15) is 0 Å². The van der Waals surface area contributed by atoms with Crippen molar-refractivity contribution in [1.29, 1.82) is 0 Å². The smallest absolute Gasteiger partial charge is 0.376 e. The summed E-state index contributed by atoms with van der Waals surface area (Å²) in [6.07, 6.45) is 0.941. The van der Waals surface area contributed by atoms with Gasteiger partial charge in [0.05, 0.1) is 19.8 Å². The van der Waals surface area contributed by atoms with Crippen LogP contribution in [0.3, 0.4) is 0 Å². The van der Waals surface area contributed by atoms with E-state index in [2.05, 4.69) is 20.0 Å². The summed E-state index contributed by atoms with van der Waals surface area (Å²) in [5.41, 5.74) is 0.724. The minimum absolute atomic E-state index is 0.0777. The Labute approximate surface area is 99.4 Å². The van der Waals surface area contributed by atoms with Crippen LogP contribution in [-0.4, -0.2) is 42.3 Å². The van der Waals surface area contributed by atoms with Crippen molar-refractivity contribution < 1.29 is 14.3 Å². The number of rotatable bonds is 3. The molecular formula is C11H15N3O3. The van der Waals surface area contributed by atoms with Gasteiger partial charge in [-0.15, -0.1) is 0 Å². The third-order valence-corrected chi connectivity index (χ3v) is 2.50. The minimum atomic E-state index is -0.528. The minimum Gasteiger partial charge on any atom is -0.463 e. The first-order valence-electron chi connectivity index (χ1n) is 5.47. The van der Waals surface area contributed by atoms with Crippen molar-refractivity contribution in [2.24, 2.45) is 0 Å². The second-order valence-corrected chi connectivity index (χ2v) is 3.91. The molecule has 2 heterocycles. The summed E-state index contributed by atoms with van der Waals surface area (Å²) in [6.45, 7) is 3.23. The molecule has 17 heavy (non-hydrogen) atoms. The number of methoxy groups -OCH3 is 1. The third kappa shape index (κ3) is 2.91. The molecule has 1 aliphatic heterocycles. The molecule has 0 bridgehead atoms. The van der Waals surface area contributed by atoms with Crippen molar-refractivity contribution in [3.63, 3.8) is 0 Å². The van der Waals surface area contributed by atoms with E-state index in [0.29, 0.717) is 12.4 Å². The first kappa shape index (κ1) is 11.8. The average Bonchev–Trinajstić information content (AvgIpc) is 2.80. The Kier molecular flexibility index (Phi) is 3.53. The van der Waals surface area contributed by atoms with Gasteiger partial charge in [0.2, 0.25) is 5.82 Å². The molecule has 1 aliphatic rings. The van der Waals surface area contributed by atoms with Crippen molar-refractivity contribution in [3.8, 4) is 0 Å². The predicted molar refractivity (Wildman–Crippen MR) is 61.0 cm³/mol. The molecule has 1 N–H and O–H groups in total. The van der Waals surface area contributed by atoms with Gasteiger partial charge in [-0.1, -0.05) is 0 Å². The molecule has 1 aromatic rings. The topological polar surface area (TPSA) is 73.3 Å². The molecule has 1 saturated heterocycles. The van der Waals surface area contributed by atoms with Crippen LogP contribution in [0.1, 0.15) is 22.7 Å². The zero-order chi connectivity index (χ0) is 12.3. The molecule has 0 aromatic carbocycles. The zero-order valence-corrected chi connectivity index (χ0v) is 9.90. The first-order chi connectivity index (χ1) is 8.19. The van der Waals surface area contributed by atoms with Gasteiger partial charge in [0.25, 0.3) is 0 Å². The Hall–Kier alpha value is -1.69. The Bertz CT molecular complexity index is 416. The number of carbonyl (C=O) groups is 1. The average molecular weight is 237 g/mol. The molecule has 0 radical (unpaired) electrons. The summed E-state index contributed by atoms with van der Waals surface area (Å²) in [6, 6.07) is 2.04. The lowest BCUT2D eigenvalue weighted by molar-refractivity contribution is 0.0586. The van der Waals surface area contributed by atoms with E-state index >= 15 is 0 Å². The number of carbonyl (C=O) groups excluding carboxylic acids is 1. The van der Waals surface area contributed by atoms with Crippen molar-refractivity contribution in [3.05, 3.63) is 17.6 Å². The van der Waals surface area contributed by atoms with Gasteiger partial charge in [-0.3, -0.25) is 0 Å². The summed E-state index contributed by atoms with van der Waals surface area (Å²) in [5, 5.41) is 3.22. The van der Waals surface area contributed by atoms with Crippen molar-refractivity contribution in [2.75, 3.05) is 25.6 Å². The van der Waals surface area contributed by atoms with Gasteiger partial charge in [-0.05, 0) is 13.3 Å². The standard InChI is InChI=1S/C11H15N3O3/c1-7-5-9(13-8-3-4-17-6-8)14-10(12-7)11(15)16-2/h5,8H,3-4,6H2,1-2H3,(H,12,13,14). The van der Waals surface area contributed by atoms with Crippen LogP contribution in [0.5, 0.6) is 0 Å². The van der Waals surface area contributed by atoms with E-state index in [1.165, 1.54) is 7.11 Å². The second-order valence-electron chi connectivity index (χ2n) is 3.91. The van der Waals surface area contributed by atoms with E-state index in [-0.39, 0.29) is 11.9 Å². The van der Waals surface area contributed by atoms with E-state index in [1.54, 1.807) is 6.07 Å². The maximum absolute atomic E-state index is 11.4. The fourth-order valence-electron chi connectivity index (χ4n) is 1.68. The van der Waals surface area contributed by atoms with E-state index in [1.807, 2.05) is 6.92 Å². The maximum atomic E-state index is 11.4. The third-order valence-electron chi connectivity index (χ3n) is 2.50. The molecule has 6 heteroatoms. The lowest BCUT2D eigenvalue weighted by Gasteiger charge is -2.12. The summed E-state index contributed by atoms with van der Waals surface area (Å²) in [4.78, 5) is 19.5. The number of esters is 1. The molecule has 6 nitrogen and oxygen atoms in total. The number of aryl methyl sites for hydroxylation is 1. The number of anilines is 1. The Balaban J connectivity index is 2.15. The van der Waals surface area contributed by atoms with Gasteiger partial charge < -0.3 is 14.8 Å². The molecule has 2 rings (SSSR count). The Morgan fingerprint density at radius 1 is 1.59 bits per heavy atom. The monoisotopic (exact) mass is 237 g/mol. The second kappa shape index (κ2) is 5.09. The summed E-state index contributed by atoms with van der Waals surface area (Å²) in [7, 11) is 1.31. The van der Waals surface area contributed by atoms with Crippen LogP contribution < -0.4 is 5.32 Å². The van der Waals surface area contributed by atoms with Crippen molar-refractivity contribution >= 4 is 11.8 Å². The number of nitrogens with one attached hydrogen (secondary N) is 1. The highest BCUT2D eigenvalue weighted by Crippen LogP contribution is 2.13. The summed E-state index contributed by atoms with van der Waals surface area (Å²) >= 11 is 0. The van der Waals surface area contributed by atoms with Gasteiger partial charge in [-0.25, -0.2) is 14.8 Å². The van der Waals surface area contributed by atoms with E-state index in [4.69, 9.17) is 4.74 Å². The number of hydrogen-bond donors (Lipinski definition) is 1. The molecule has 1 unspecified atom stereocenters. The molecule has 1 aromatic heterocycles. The molecule has 0 amide bonds. The van der Waals surface area contributed by atoms with Gasteiger partial charge >= 0.3 is 5.97 Å². The molecule has 1 fully saturated rings. The highest BCUT2D eigenvalue weighted by atomic mass is 16.5. The fourth-order valence-corrected chi connectivity index (χ4v) is 1.68. The Morgan fingerprint density at radius 3 is 3.06 bits per heavy atom. The fraction of sp³-hybridized carbons (Fsp3) is 0.545. The van der Waals surface area contributed by atoms with Gasteiger partial charge in [0, 0.05) is 18.4 Å². The van der Waals surface area contributed by atoms with Crippen LogP contribution in [0.15, 0.2) is 6.07 Å². The van der Waals surface area contributed by atoms with Crippen LogP contribution >= 0.6 is 0 Å². The summed E-state index contributed by atoms with van der Waals surface area (Å²) < 4.78 is 9.86. The number of nitrogens with zero attached hydrogens (tertiary/aromatic N) is 2. The molecule has 0 aliphatic carbocycles. The van der Waals surface area contributed by atoms with Gasteiger partial charge in [0.1, 0.15) is 5.82 Å². The quantitative estimate of drug-likeness (QED) is 0.783. The van der Waals surface area contributed by atoms with Crippen LogP contribution in [0.2, 0.25) is 0 Å². The number of aromatic nitrogens is 2. The van der Waals surface area contributed by atoms with E-state index in [0.717, 1.165) is 18.7 Å². The lowest BCUT2D eigenvalue weighted by Crippen LogP contribution is -2.21. The highest BCUT2D eigenvalue weighted by molar-refractivity contribution is 5.85. The molecule has 0 saturated carbocycles. The number of ether oxygens (including phenoxy) is 2. The molecule has 0 spiro atoms. The zero-order valence-electron chi connectivity index (χ0n) is 9.90. The Morgan fingerprint density at radius 2 is 2.41 bits per heavy atom. The molecular weight excluding hydrogens is 222 g/mol. The predicted octanol–water partition coefficient (Wildman–Crippen LogP) is 0.772. The molecule has 92 valence electrons. The largest absolute Gasteiger partial charge is 0.463 e. The maximum Gasteiger partial charge on any atom is 0.376 e. The summed E-state index contributed by atoms with van der Waals surface area (Å²) in [5.74, 6) is 0.182. The first-order valence-corrected chi connectivity index (χ1v) is 5.47. The number of hydrogen-bond acceptors (Lipinski definition) is 6. The molecule has 1 atom stereocenters. The lowest BCUT2D eigenvalue weighted by atomic mass is 10.2. The van der Waals surface area contributed by atoms with Crippen LogP contribution in [-0.2, 0) is 9.47 Å². The highest BCUT2D eigenvalue weighted by Gasteiger charge is 2.17. The SMILES string of the molecule is COC(=O)c1nc(C)cc(NC2CCOC2)n1. The van der Waals surface area contributed by atoms with Crippen LogP contribution in [0.25, 0.3) is 0 Å². The van der Waals surface area contributed by atoms with Crippen LogP contribution in [0.4, 0.5) is 5.82 Å². The van der Waals surface area contributed by atoms with E-state index in [9.17, 15) is 4.79 Å². The van der Waals surface area contributed by atoms with Crippen LogP contribution in [0, 0.1) is 6.92 Å².